The molecule has 0 aliphatic heterocycles. The Bertz CT molecular complexity index is 185. The van der Waals surface area contributed by atoms with Gasteiger partial charge in [-0.2, -0.15) is 0 Å². The molecule has 0 N–H and O–H groups in total. The monoisotopic (exact) mass is 196 g/mol. The zero-order valence-electron chi connectivity index (χ0n) is 5.23. The molecule has 0 bridgehead atoms. The second-order valence-corrected chi connectivity index (χ2v) is 4.84. The highest BCUT2D eigenvalue weighted by atomic mass is 35.5. The lowest BCUT2D eigenvalue weighted by Crippen LogP contribution is -2.54. The lowest BCUT2D eigenvalue weighted by atomic mass is 9.74. The minimum Gasteiger partial charge on any atom is -0.119 e. The van der Waals surface area contributed by atoms with E-state index >= 15 is 0 Å². The van der Waals surface area contributed by atoms with Crippen LogP contribution in [0.5, 0.6) is 0 Å². The van der Waals surface area contributed by atoms with Gasteiger partial charge in [0.25, 0.3) is 0 Å². The smallest absolute Gasteiger partial charge is 0.119 e. The molecule has 2 rings (SSSR count). The average molecular weight is 197 g/mol. The van der Waals surface area contributed by atoms with Gasteiger partial charge in [-0.05, 0) is 6.42 Å². The van der Waals surface area contributed by atoms with Crippen LogP contribution in [-0.2, 0) is 0 Å². The van der Waals surface area contributed by atoms with Crippen LogP contribution in [0.1, 0.15) is 6.42 Å². The first-order chi connectivity index (χ1) is 4.64. The maximum Gasteiger partial charge on any atom is 0.138 e. The molecule has 0 spiro atoms. The lowest BCUT2D eigenvalue weighted by molar-refractivity contribution is 0.233. The van der Waals surface area contributed by atoms with Crippen LogP contribution < -0.4 is 0 Å². The molecule has 0 aromatic rings. The van der Waals surface area contributed by atoms with E-state index in [1.54, 1.807) is 0 Å². The summed E-state index contributed by atoms with van der Waals surface area (Å²) in [5, 5.41) is -0.0837. The highest BCUT2D eigenvalue weighted by Gasteiger charge is 2.59. The van der Waals surface area contributed by atoms with E-state index in [-0.39, 0.29) is 5.38 Å². The molecule has 0 amide bonds. The Morgan fingerprint density at radius 3 is 2.70 bits per heavy atom. The number of hydrogen-bond acceptors (Lipinski definition) is 0. The van der Waals surface area contributed by atoms with Crippen molar-refractivity contribution in [2.75, 3.05) is 0 Å². The molecular weight excluding hydrogens is 190 g/mol. The maximum absolute atomic E-state index is 5.95. The molecular formula is C7H7Cl3. The molecule has 0 nitrogen and oxygen atoms in total. The number of halogens is 3. The van der Waals surface area contributed by atoms with Gasteiger partial charge in [-0.1, -0.05) is 35.4 Å². The molecule has 3 atom stereocenters. The van der Waals surface area contributed by atoms with E-state index in [1.807, 2.05) is 0 Å². The summed E-state index contributed by atoms with van der Waals surface area (Å²) in [5.41, 5.74) is 0. The number of allylic oxidation sites excluding steroid dienone is 2. The molecule has 0 aromatic carbocycles. The third kappa shape index (κ3) is 0.704. The Labute approximate surface area is 75.1 Å². The van der Waals surface area contributed by atoms with Gasteiger partial charge in [0.05, 0.1) is 5.38 Å². The first kappa shape index (κ1) is 7.27. The van der Waals surface area contributed by atoms with Crippen molar-refractivity contribution in [3.63, 3.8) is 0 Å². The normalized spacial score (nSPS) is 48.5. The van der Waals surface area contributed by atoms with E-state index in [1.165, 1.54) is 0 Å². The van der Waals surface area contributed by atoms with Crippen molar-refractivity contribution in [3.05, 3.63) is 12.2 Å². The van der Waals surface area contributed by atoms with Crippen LogP contribution in [-0.4, -0.2) is 9.71 Å². The predicted molar refractivity (Wildman–Crippen MR) is 44.8 cm³/mol. The predicted octanol–water partition coefficient (Wildman–Crippen LogP) is 2.97. The van der Waals surface area contributed by atoms with Crippen molar-refractivity contribution < 1.29 is 0 Å². The van der Waals surface area contributed by atoms with Gasteiger partial charge >= 0.3 is 0 Å². The first-order valence-corrected chi connectivity index (χ1v) is 4.52. The van der Waals surface area contributed by atoms with Crippen molar-refractivity contribution in [1.29, 1.82) is 0 Å². The molecule has 0 aromatic heterocycles. The largest absolute Gasteiger partial charge is 0.138 e. The summed E-state index contributed by atoms with van der Waals surface area (Å²) in [6, 6.07) is 0. The highest BCUT2D eigenvalue weighted by Crippen LogP contribution is 2.59. The quantitative estimate of drug-likeness (QED) is 0.414. The van der Waals surface area contributed by atoms with Crippen molar-refractivity contribution in [2.45, 2.75) is 16.1 Å². The summed E-state index contributed by atoms with van der Waals surface area (Å²) in [5.74, 6) is 0.801. The molecule has 0 heterocycles. The number of fused-ring (bicyclic) bond motifs is 1. The summed E-state index contributed by atoms with van der Waals surface area (Å²) < 4.78 is -0.671. The van der Waals surface area contributed by atoms with Crippen LogP contribution in [0.2, 0.25) is 0 Å². The van der Waals surface area contributed by atoms with E-state index in [4.69, 9.17) is 34.8 Å². The van der Waals surface area contributed by atoms with Crippen molar-refractivity contribution >= 4 is 34.8 Å². The zero-order valence-corrected chi connectivity index (χ0v) is 7.50. The van der Waals surface area contributed by atoms with E-state index in [9.17, 15) is 0 Å². The molecule has 1 fully saturated rings. The van der Waals surface area contributed by atoms with Gasteiger partial charge in [-0.25, -0.2) is 0 Å². The first-order valence-electron chi connectivity index (χ1n) is 3.32. The average Bonchev–Trinajstić information content (AvgIpc) is 2.31. The van der Waals surface area contributed by atoms with Crippen molar-refractivity contribution in [2.24, 2.45) is 11.8 Å². The van der Waals surface area contributed by atoms with Gasteiger partial charge in [-0.15, -0.1) is 11.6 Å². The van der Waals surface area contributed by atoms with E-state index < -0.39 is 4.33 Å². The van der Waals surface area contributed by atoms with Gasteiger partial charge in [-0.3, -0.25) is 0 Å². The zero-order chi connectivity index (χ0) is 7.35. The van der Waals surface area contributed by atoms with Crippen LogP contribution in [0.25, 0.3) is 0 Å². The second-order valence-electron chi connectivity index (χ2n) is 2.92. The Kier molecular flexibility index (Phi) is 1.50. The third-order valence-electron chi connectivity index (χ3n) is 2.41. The topological polar surface area (TPSA) is 0 Å². The fourth-order valence-corrected chi connectivity index (χ4v) is 2.91. The second kappa shape index (κ2) is 2.06. The minimum atomic E-state index is -0.671. The van der Waals surface area contributed by atoms with Crippen molar-refractivity contribution in [3.8, 4) is 0 Å². The third-order valence-corrected chi connectivity index (χ3v) is 4.30. The molecule has 3 heteroatoms. The lowest BCUT2D eigenvalue weighted by Gasteiger charge is -2.48. The molecule has 1 saturated carbocycles. The minimum absolute atomic E-state index is 0.0837. The van der Waals surface area contributed by atoms with Gasteiger partial charge in [0.15, 0.2) is 0 Å². The van der Waals surface area contributed by atoms with E-state index in [0.29, 0.717) is 11.8 Å². The fourth-order valence-electron chi connectivity index (χ4n) is 1.73. The summed E-state index contributed by atoms with van der Waals surface area (Å²) in [4.78, 5) is 0. The highest BCUT2D eigenvalue weighted by molar-refractivity contribution is 6.53. The summed E-state index contributed by atoms with van der Waals surface area (Å²) >= 11 is 17.8. The number of hydrogen-bond donors (Lipinski definition) is 0. The Hall–Kier alpha value is 0.610. The fraction of sp³-hybridized carbons (Fsp3) is 0.714. The Balaban J connectivity index is 2.20. The molecule has 0 saturated heterocycles. The van der Waals surface area contributed by atoms with Gasteiger partial charge in [0.1, 0.15) is 4.33 Å². The molecule has 2 aliphatic rings. The molecule has 56 valence electrons. The summed E-state index contributed by atoms with van der Waals surface area (Å²) in [6.07, 6.45) is 5.21. The molecule has 0 radical (unpaired) electrons. The van der Waals surface area contributed by atoms with E-state index in [2.05, 4.69) is 12.2 Å². The van der Waals surface area contributed by atoms with Crippen LogP contribution in [0.3, 0.4) is 0 Å². The van der Waals surface area contributed by atoms with Gasteiger partial charge in [0.2, 0.25) is 0 Å². The van der Waals surface area contributed by atoms with Gasteiger partial charge in [0, 0.05) is 11.8 Å². The van der Waals surface area contributed by atoms with Crippen LogP contribution >= 0.6 is 34.8 Å². The summed E-state index contributed by atoms with van der Waals surface area (Å²) in [6.45, 7) is 0. The summed E-state index contributed by atoms with van der Waals surface area (Å²) in [7, 11) is 0. The van der Waals surface area contributed by atoms with Crippen LogP contribution in [0.15, 0.2) is 12.2 Å². The number of alkyl halides is 3. The van der Waals surface area contributed by atoms with Gasteiger partial charge < -0.3 is 0 Å². The molecule has 10 heavy (non-hydrogen) atoms. The standard InChI is InChI=1S/C7H7Cl3/c8-6-4-2-1-3-5(4)7(6,9)10/h1-2,4-6H,3H2/t4-,5+,6-/m0/s1. The van der Waals surface area contributed by atoms with Crippen LogP contribution in [0.4, 0.5) is 0 Å². The van der Waals surface area contributed by atoms with Crippen molar-refractivity contribution in [1.82, 2.24) is 0 Å². The number of rotatable bonds is 0. The maximum atomic E-state index is 5.95. The Morgan fingerprint density at radius 2 is 2.10 bits per heavy atom. The van der Waals surface area contributed by atoms with Crippen LogP contribution in [0, 0.1) is 11.8 Å². The Morgan fingerprint density at radius 1 is 1.40 bits per heavy atom. The molecule has 2 aliphatic carbocycles. The SMILES string of the molecule is Cl[C@H]1[C@H]2C=CC[C@H]2C1(Cl)Cl. The molecule has 0 unspecified atom stereocenters. The van der Waals surface area contributed by atoms with E-state index in [0.717, 1.165) is 6.42 Å².